The SMILES string of the molecule is Cc1ccc2c(CC(C)(C)C)c3c(c(C)c2c1)-c1c2c(cc(C(C)C)cc2cc[n+]1C)S3. The summed E-state index contributed by atoms with van der Waals surface area (Å²) in [6.07, 6.45) is 3.32. The fraction of sp³-hybridized carbons (Fsp3) is 0.367. The molecule has 32 heavy (non-hydrogen) atoms. The monoisotopic (exact) mass is 440 g/mol. The third-order valence-corrected chi connectivity index (χ3v) is 8.02. The van der Waals surface area contributed by atoms with Gasteiger partial charge in [0.15, 0.2) is 6.20 Å². The van der Waals surface area contributed by atoms with E-state index in [0.717, 1.165) is 6.42 Å². The fourth-order valence-corrected chi connectivity index (χ4v) is 6.61. The van der Waals surface area contributed by atoms with Crippen LogP contribution in [0.3, 0.4) is 0 Å². The van der Waals surface area contributed by atoms with E-state index in [-0.39, 0.29) is 5.41 Å². The average molecular weight is 441 g/mol. The van der Waals surface area contributed by atoms with E-state index >= 15 is 0 Å². The topological polar surface area (TPSA) is 3.88 Å². The van der Waals surface area contributed by atoms with Crippen molar-refractivity contribution in [3.63, 3.8) is 0 Å². The largest absolute Gasteiger partial charge is 0.222 e. The summed E-state index contributed by atoms with van der Waals surface area (Å²) in [5, 5.41) is 5.60. The molecule has 1 aliphatic heterocycles. The van der Waals surface area contributed by atoms with Crippen LogP contribution in [-0.2, 0) is 13.5 Å². The first kappa shape index (κ1) is 21.5. The molecule has 2 heteroatoms. The van der Waals surface area contributed by atoms with Gasteiger partial charge in [0, 0.05) is 15.9 Å². The van der Waals surface area contributed by atoms with Gasteiger partial charge in [-0.25, -0.2) is 4.57 Å². The zero-order valence-corrected chi connectivity index (χ0v) is 21.5. The molecule has 0 N–H and O–H groups in total. The van der Waals surface area contributed by atoms with Gasteiger partial charge >= 0.3 is 0 Å². The molecule has 0 atom stereocenters. The molecule has 0 spiro atoms. The Kier molecular flexibility index (Phi) is 4.94. The van der Waals surface area contributed by atoms with E-state index in [2.05, 4.69) is 103 Å². The maximum atomic E-state index is 2.44. The Morgan fingerprint density at radius 1 is 0.969 bits per heavy atom. The standard InChI is InChI=1S/C30H34NS/c1-17(2)21-14-20-11-12-31(8)28-26-19(4)23-13-18(3)9-10-22(23)24(16-30(5,6)7)29(26)32-25(15-21)27(20)28/h9-15,17H,16H2,1-8H3/q+1. The third kappa shape index (κ3) is 3.35. The summed E-state index contributed by atoms with van der Waals surface area (Å²) in [6.45, 7) is 16.2. The summed E-state index contributed by atoms with van der Waals surface area (Å²) >= 11 is 2.00. The number of nitrogens with zero attached hydrogens (tertiary/aromatic N) is 1. The maximum absolute atomic E-state index is 2.44. The highest BCUT2D eigenvalue weighted by Crippen LogP contribution is 2.52. The molecule has 0 aliphatic carbocycles. The number of fused-ring (bicyclic) bond motifs is 3. The Bertz CT molecular complexity index is 1400. The van der Waals surface area contributed by atoms with Crippen LogP contribution in [0.4, 0.5) is 0 Å². The van der Waals surface area contributed by atoms with Gasteiger partial charge < -0.3 is 0 Å². The molecular weight excluding hydrogens is 406 g/mol. The number of rotatable bonds is 2. The molecule has 0 saturated carbocycles. The highest BCUT2D eigenvalue weighted by molar-refractivity contribution is 7.99. The first-order valence-electron chi connectivity index (χ1n) is 11.8. The number of pyridine rings is 1. The average Bonchev–Trinajstić information content (AvgIpc) is 2.72. The van der Waals surface area contributed by atoms with Crippen LogP contribution in [0.5, 0.6) is 0 Å². The smallest absolute Gasteiger partial charge is 0.200 e. The van der Waals surface area contributed by atoms with Crippen LogP contribution in [0.25, 0.3) is 32.8 Å². The van der Waals surface area contributed by atoms with Crippen molar-refractivity contribution in [2.45, 2.75) is 70.6 Å². The van der Waals surface area contributed by atoms with E-state index in [1.807, 2.05) is 11.8 Å². The Hall–Kier alpha value is -2.32. The van der Waals surface area contributed by atoms with Crippen LogP contribution >= 0.6 is 11.8 Å². The van der Waals surface area contributed by atoms with Crippen LogP contribution in [0.15, 0.2) is 52.4 Å². The third-order valence-electron chi connectivity index (χ3n) is 6.83. The molecule has 0 saturated heterocycles. The molecule has 2 heterocycles. The second kappa shape index (κ2) is 7.35. The van der Waals surface area contributed by atoms with Gasteiger partial charge in [0.25, 0.3) is 0 Å². The van der Waals surface area contributed by atoms with E-state index < -0.39 is 0 Å². The molecule has 0 amide bonds. The first-order chi connectivity index (χ1) is 15.0. The lowest BCUT2D eigenvalue weighted by atomic mass is 9.82. The fourth-order valence-electron chi connectivity index (χ4n) is 5.23. The van der Waals surface area contributed by atoms with E-state index in [4.69, 9.17) is 0 Å². The highest BCUT2D eigenvalue weighted by Gasteiger charge is 2.33. The van der Waals surface area contributed by atoms with Crippen molar-refractivity contribution in [1.82, 2.24) is 0 Å². The van der Waals surface area contributed by atoms with E-state index in [1.165, 1.54) is 64.8 Å². The molecule has 0 radical (unpaired) electrons. The molecule has 1 nitrogen and oxygen atoms in total. The summed E-state index contributed by atoms with van der Waals surface area (Å²) in [4.78, 5) is 2.87. The van der Waals surface area contributed by atoms with Crippen molar-refractivity contribution in [2.24, 2.45) is 12.5 Å². The normalized spacial score (nSPS) is 13.3. The lowest BCUT2D eigenvalue weighted by Gasteiger charge is -2.28. The van der Waals surface area contributed by atoms with Crippen LogP contribution < -0.4 is 4.57 Å². The van der Waals surface area contributed by atoms with Crippen LogP contribution in [0.1, 0.15) is 62.8 Å². The molecule has 0 bridgehead atoms. The van der Waals surface area contributed by atoms with Gasteiger partial charge in [0.1, 0.15) is 7.05 Å². The second-order valence-electron chi connectivity index (χ2n) is 11.1. The highest BCUT2D eigenvalue weighted by atomic mass is 32.2. The predicted octanol–water partition coefficient (Wildman–Crippen LogP) is 8.28. The van der Waals surface area contributed by atoms with Crippen molar-refractivity contribution in [2.75, 3.05) is 0 Å². The summed E-state index contributed by atoms with van der Waals surface area (Å²) in [5.41, 5.74) is 8.70. The number of hydrogen-bond donors (Lipinski definition) is 0. The molecule has 164 valence electrons. The Morgan fingerprint density at radius 2 is 1.72 bits per heavy atom. The second-order valence-corrected chi connectivity index (χ2v) is 12.2. The van der Waals surface area contributed by atoms with Crippen molar-refractivity contribution < 1.29 is 4.57 Å². The molecule has 4 aromatic rings. The summed E-state index contributed by atoms with van der Waals surface area (Å²) in [6, 6.07) is 14.2. The van der Waals surface area contributed by atoms with Crippen molar-refractivity contribution in [3.8, 4) is 11.3 Å². The van der Waals surface area contributed by atoms with Gasteiger partial charge in [-0.15, -0.1) is 0 Å². The maximum Gasteiger partial charge on any atom is 0.222 e. The molecule has 0 unspecified atom stereocenters. The zero-order valence-electron chi connectivity index (χ0n) is 20.7. The molecule has 1 aliphatic rings. The number of benzene rings is 3. The first-order valence-corrected chi connectivity index (χ1v) is 12.6. The Balaban J connectivity index is 1.96. The molecule has 5 rings (SSSR count). The quantitative estimate of drug-likeness (QED) is 0.250. The van der Waals surface area contributed by atoms with Gasteiger partial charge in [-0.3, -0.25) is 0 Å². The minimum Gasteiger partial charge on any atom is -0.200 e. The van der Waals surface area contributed by atoms with E-state index in [1.54, 1.807) is 0 Å². The summed E-state index contributed by atoms with van der Waals surface area (Å²) < 4.78 is 2.34. The van der Waals surface area contributed by atoms with Crippen molar-refractivity contribution in [3.05, 3.63) is 64.8 Å². The van der Waals surface area contributed by atoms with Crippen LogP contribution in [-0.4, -0.2) is 0 Å². The molecule has 3 aromatic carbocycles. The summed E-state index contributed by atoms with van der Waals surface area (Å²) in [7, 11) is 2.21. The Morgan fingerprint density at radius 3 is 2.41 bits per heavy atom. The van der Waals surface area contributed by atoms with Gasteiger partial charge in [0.05, 0.1) is 10.9 Å². The molecule has 1 aromatic heterocycles. The lowest BCUT2D eigenvalue weighted by molar-refractivity contribution is -0.659. The van der Waals surface area contributed by atoms with Gasteiger partial charge in [-0.1, -0.05) is 76.2 Å². The van der Waals surface area contributed by atoms with Gasteiger partial charge in [0.2, 0.25) is 5.69 Å². The minimum atomic E-state index is 0.218. The zero-order chi connectivity index (χ0) is 22.9. The Labute approximate surface area is 196 Å². The van der Waals surface area contributed by atoms with Crippen molar-refractivity contribution in [1.29, 1.82) is 0 Å². The van der Waals surface area contributed by atoms with Crippen LogP contribution in [0, 0.1) is 19.3 Å². The summed E-state index contributed by atoms with van der Waals surface area (Å²) in [5.74, 6) is 0.519. The van der Waals surface area contributed by atoms with E-state index in [9.17, 15) is 0 Å². The van der Waals surface area contributed by atoms with Crippen molar-refractivity contribution >= 4 is 33.3 Å². The van der Waals surface area contributed by atoms with Crippen LogP contribution in [0.2, 0.25) is 0 Å². The molecule has 0 fully saturated rings. The van der Waals surface area contributed by atoms with E-state index in [0.29, 0.717) is 5.92 Å². The predicted molar refractivity (Wildman–Crippen MR) is 139 cm³/mol. The number of aromatic nitrogens is 1. The number of hydrogen-bond acceptors (Lipinski definition) is 1. The lowest BCUT2D eigenvalue weighted by Crippen LogP contribution is -2.32. The minimum absolute atomic E-state index is 0.218. The van der Waals surface area contributed by atoms with Gasteiger partial charge in [-0.2, -0.15) is 0 Å². The number of aryl methyl sites for hydroxylation is 3. The molecular formula is C30H34NS+. The van der Waals surface area contributed by atoms with Gasteiger partial charge in [-0.05, 0) is 70.5 Å².